The third-order valence-corrected chi connectivity index (χ3v) is 2.65. The molecule has 0 radical (unpaired) electrons. The van der Waals surface area contributed by atoms with E-state index in [2.05, 4.69) is 11.6 Å². The number of aromatic nitrogens is 1. The molecule has 1 heterocycles. The van der Waals surface area contributed by atoms with Gasteiger partial charge in [-0.3, -0.25) is 0 Å². The van der Waals surface area contributed by atoms with E-state index in [0.717, 1.165) is 10.9 Å². The van der Waals surface area contributed by atoms with Crippen LogP contribution in [0.5, 0.6) is 0 Å². The second-order valence-corrected chi connectivity index (χ2v) is 4.32. The van der Waals surface area contributed by atoms with Gasteiger partial charge in [-0.1, -0.05) is 24.8 Å². The molecule has 0 aliphatic rings. The first-order valence-electron chi connectivity index (χ1n) is 6.15. The van der Waals surface area contributed by atoms with Gasteiger partial charge in [-0.05, 0) is 19.1 Å². The van der Waals surface area contributed by atoms with Crippen LogP contribution in [-0.2, 0) is 14.3 Å². The molecule has 5 heteroatoms. The molecule has 2 rings (SSSR count). The minimum Gasteiger partial charge on any atom is -0.459 e. The van der Waals surface area contributed by atoms with Crippen molar-refractivity contribution in [1.82, 2.24) is 4.98 Å². The van der Waals surface area contributed by atoms with Crippen molar-refractivity contribution in [3.8, 4) is 0 Å². The van der Waals surface area contributed by atoms with E-state index >= 15 is 0 Å². The Labute approximate surface area is 116 Å². The highest BCUT2D eigenvalue weighted by Crippen LogP contribution is 2.15. The van der Waals surface area contributed by atoms with Crippen LogP contribution >= 0.6 is 0 Å². The molecule has 20 heavy (non-hydrogen) atoms. The van der Waals surface area contributed by atoms with E-state index in [-0.39, 0.29) is 13.2 Å². The number of hydrogen-bond donors (Lipinski definition) is 1. The van der Waals surface area contributed by atoms with E-state index in [1.54, 1.807) is 13.0 Å². The monoisotopic (exact) mass is 273 g/mol. The summed E-state index contributed by atoms with van der Waals surface area (Å²) >= 11 is 0. The van der Waals surface area contributed by atoms with Gasteiger partial charge in [-0.25, -0.2) is 9.59 Å². The predicted molar refractivity (Wildman–Crippen MR) is 74.4 cm³/mol. The first kappa shape index (κ1) is 13.9. The molecule has 104 valence electrons. The number of benzene rings is 1. The Morgan fingerprint density at radius 3 is 2.60 bits per heavy atom. The number of fused-ring (bicyclic) bond motifs is 1. The zero-order valence-electron chi connectivity index (χ0n) is 11.1. The minimum absolute atomic E-state index is 0.00716. The summed E-state index contributed by atoms with van der Waals surface area (Å²) in [6, 6.07) is 9.27. The number of para-hydroxylation sites is 1. The maximum absolute atomic E-state index is 11.8. The number of rotatable bonds is 5. The van der Waals surface area contributed by atoms with E-state index in [1.165, 1.54) is 0 Å². The fourth-order valence-electron chi connectivity index (χ4n) is 1.65. The van der Waals surface area contributed by atoms with Crippen LogP contribution in [0.15, 0.2) is 42.5 Å². The lowest BCUT2D eigenvalue weighted by Gasteiger charge is -2.05. The number of H-pyrrole nitrogens is 1. The second-order valence-electron chi connectivity index (χ2n) is 4.32. The van der Waals surface area contributed by atoms with Gasteiger partial charge in [0.2, 0.25) is 0 Å². The molecule has 1 aromatic carbocycles. The van der Waals surface area contributed by atoms with Crippen molar-refractivity contribution in [2.75, 3.05) is 13.2 Å². The Balaban J connectivity index is 1.86. The molecular formula is C15H15NO4. The zero-order valence-corrected chi connectivity index (χ0v) is 11.1. The summed E-state index contributed by atoms with van der Waals surface area (Å²) < 4.78 is 9.83. The molecule has 0 unspecified atom stereocenters. The number of hydrogen-bond acceptors (Lipinski definition) is 4. The van der Waals surface area contributed by atoms with Crippen LogP contribution in [0, 0.1) is 0 Å². The molecule has 0 fully saturated rings. The van der Waals surface area contributed by atoms with Gasteiger partial charge in [0.15, 0.2) is 0 Å². The Morgan fingerprint density at radius 2 is 1.90 bits per heavy atom. The van der Waals surface area contributed by atoms with Crippen LogP contribution in [0.2, 0.25) is 0 Å². The Bertz CT molecular complexity index is 624. The van der Waals surface area contributed by atoms with E-state index in [9.17, 15) is 9.59 Å². The van der Waals surface area contributed by atoms with Gasteiger partial charge in [-0.2, -0.15) is 0 Å². The van der Waals surface area contributed by atoms with Crippen molar-refractivity contribution in [2.45, 2.75) is 6.92 Å². The highest BCUT2D eigenvalue weighted by Gasteiger charge is 2.11. The topological polar surface area (TPSA) is 68.4 Å². The molecular weight excluding hydrogens is 258 g/mol. The fourth-order valence-corrected chi connectivity index (χ4v) is 1.65. The van der Waals surface area contributed by atoms with E-state index < -0.39 is 11.9 Å². The first-order chi connectivity index (χ1) is 9.58. The normalized spacial score (nSPS) is 10.2. The van der Waals surface area contributed by atoms with Crippen molar-refractivity contribution in [3.05, 3.63) is 48.2 Å². The summed E-state index contributed by atoms with van der Waals surface area (Å²) in [5.41, 5.74) is 1.55. The molecule has 5 nitrogen and oxygen atoms in total. The van der Waals surface area contributed by atoms with Gasteiger partial charge in [0.05, 0.1) is 0 Å². The zero-order chi connectivity index (χ0) is 14.5. The molecule has 2 aromatic rings. The quantitative estimate of drug-likeness (QED) is 0.516. The average Bonchev–Trinajstić information content (AvgIpc) is 2.86. The van der Waals surface area contributed by atoms with E-state index in [0.29, 0.717) is 11.3 Å². The maximum atomic E-state index is 11.8. The molecule has 0 spiro atoms. The molecule has 0 saturated carbocycles. The average molecular weight is 273 g/mol. The summed E-state index contributed by atoms with van der Waals surface area (Å²) in [6.07, 6.45) is 0. The molecule has 0 saturated heterocycles. The van der Waals surface area contributed by atoms with Gasteiger partial charge in [-0.15, -0.1) is 0 Å². The molecule has 0 atom stereocenters. The lowest BCUT2D eigenvalue weighted by atomic mass is 10.2. The van der Waals surface area contributed by atoms with Gasteiger partial charge in [0.1, 0.15) is 18.9 Å². The van der Waals surface area contributed by atoms with Gasteiger partial charge in [0, 0.05) is 16.5 Å². The molecule has 0 aliphatic heterocycles. The molecule has 1 N–H and O–H groups in total. The van der Waals surface area contributed by atoms with E-state index in [4.69, 9.17) is 9.47 Å². The van der Waals surface area contributed by atoms with Crippen molar-refractivity contribution in [3.63, 3.8) is 0 Å². The maximum Gasteiger partial charge on any atom is 0.354 e. The lowest BCUT2D eigenvalue weighted by Crippen LogP contribution is -2.14. The minimum atomic E-state index is -0.494. The second kappa shape index (κ2) is 6.06. The van der Waals surface area contributed by atoms with Crippen LogP contribution in [0.25, 0.3) is 10.9 Å². The summed E-state index contributed by atoms with van der Waals surface area (Å²) in [4.78, 5) is 25.9. The molecule has 0 amide bonds. The van der Waals surface area contributed by atoms with Crippen LogP contribution in [-0.4, -0.2) is 30.1 Å². The van der Waals surface area contributed by atoms with Gasteiger partial charge >= 0.3 is 11.9 Å². The predicted octanol–water partition coefficient (Wildman–Crippen LogP) is 2.44. The summed E-state index contributed by atoms with van der Waals surface area (Å²) in [5, 5.41) is 0.938. The number of carbonyl (C=O) groups is 2. The van der Waals surface area contributed by atoms with Crippen LogP contribution in [0.1, 0.15) is 17.4 Å². The number of nitrogens with one attached hydrogen (secondary N) is 1. The SMILES string of the molecule is C=C(C)C(=O)OCCOC(=O)c1cc2ccccc2[nH]1. The summed E-state index contributed by atoms with van der Waals surface area (Å²) in [6.45, 7) is 5.03. The van der Waals surface area contributed by atoms with Crippen molar-refractivity contribution < 1.29 is 19.1 Å². The van der Waals surface area contributed by atoms with Crippen LogP contribution in [0.4, 0.5) is 0 Å². The van der Waals surface area contributed by atoms with Gasteiger partial charge in [0.25, 0.3) is 0 Å². The smallest absolute Gasteiger partial charge is 0.354 e. The van der Waals surface area contributed by atoms with Crippen molar-refractivity contribution in [2.24, 2.45) is 0 Å². The van der Waals surface area contributed by atoms with Gasteiger partial charge < -0.3 is 14.5 Å². The van der Waals surface area contributed by atoms with Crippen molar-refractivity contribution >= 4 is 22.8 Å². The Kier molecular flexibility index (Phi) is 4.20. The Hall–Kier alpha value is -2.56. The number of carbonyl (C=O) groups excluding carboxylic acids is 2. The largest absolute Gasteiger partial charge is 0.459 e. The number of ether oxygens (including phenoxy) is 2. The highest BCUT2D eigenvalue weighted by molar-refractivity contribution is 5.94. The Morgan fingerprint density at radius 1 is 1.20 bits per heavy atom. The highest BCUT2D eigenvalue weighted by atomic mass is 16.6. The third-order valence-electron chi connectivity index (χ3n) is 2.65. The molecule has 1 aromatic heterocycles. The molecule has 0 bridgehead atoms. The van der Waals surface area contributed by atoms with Crippen LogP contribution < -0.4 is 0 Å². The van der Waals surface area contributed by atoms with E-state index in [1.807, 2.05) is 24.3 Å². The third kappa shape index (κ3) is 3.26. The number of esters is 2. The lowest BCUT2D eigenvalue weighted by molar-refractivity contribution is -0.140. The van der Waals surface area contributed by atoms with Crippen LogP contribution in [0.3, 0.4) is 0 Å². The number of aromatic amines is 1. The summed E-state index contributed by atoms with van der Waals surface area (Å²) in [7, 11) is 0. The fraction of sp³-hybridized carbons (Fsp3) is 0.200. The van der Waals surface area contributed by atoms with Crippen molar-refractivity contribution in [1.29, 1.82) is 0 Å². The first-order valence-corrected chi connectivity index (χ1v) is 6.15. The summed E-state index contributed by atoms with van der Waals surface area (Å²) in [5.74, 6) is -0.973. The molecule has 0 aliphatic carbocycles. The standard InChI is InChI=1S/C15H15NO4/c1-10(2)14(17)19-7-8-20-15(18)13-9-11-5-3-4-6-12(11)16-13/h3-6,9,16H,1,7-8H2,2H3.